The summed E-state index contributed by atoms with van der Waals surface area (Å²) in [6.45, 7) is 2.10. The lowest BCUT2D eigenvalue weighted by atomic mass is 10.0. The molecule has 122 valence electrons. The van der Waals surface area contributed by atoms with E-state index in [0.717, 1.165) is 27.3 Å². The second-order valence-corrected chi connectivity index (χ2v) is 7.51. The minimum atomic E-state index is -0.951. The van der Waals surface area contributed by atoms with Crippen molar-refractivity contribution in [2.75, 3.05) is 5.75 Å². The Labute approximate surface area is 148 Å². The van der Waals surface area contributed by atoms with Gasteiger partial charge < -0.3 is 5.11 Å². The summed E-state index contributed by atoms with van der Waals surface area (Å²) in [5.74, 6) is -0.258. The fourth-order valence-corrected chi connectivity index (χ4v) is 4.11. The molecule has 3 aromatic rings. The molecule has 0 bridgehead atoms. The molecule has 24 heavy (non-hydrogen) atoms. The van der Waals surface area contributed by atoms with Crippen LogP contribution in [0, 0.1) is 5.82 Å². The lowest BCUT2D eigenvalue weighted by molar-refractivity contribution is 0.0702. The van der Waals surface area contributed by atoms with Crippen LogP contribution < -0.4 is 0 Å². The number of thiophene rings is 1. The van der Waals surface area contributed by atoms with Gasteiger partial charge in [-0.15, -0.1) is 23.1 Å². The average molecular weight is 358 g/mol. The van der Waals surface area contributed by atoms with E-state index in [2.05, 4.69) is 6.92 Å². The van der Waals surface area contributed by atoms with Crippen molar-refractivity contribution in [3.63, 3.8) is 0 Å². The molecule has 0 aliphatic rings. The number of carbonyl (C=O) groups is 1. The molecule has 0 saturated heterocycles. The van der Waals surface area contributed by atoms with Gasteiger partial charge in [-0.1, -0.05) is 31.2 Å². The molecule has 0 unspecified atom stereocenters. The number of hydrogen-bond acceptors (Lipinski definition) is 3. The Morgan fingerprint density at radius 1 is 1.08 bits per heavy atom. The molecule has 0 aliphatic carbocycles. The van der Waals surface area contributed by atoms with Gasteiger partial charge in [0.15, 0.2) is 0 Å². The zero-order valence-corrected chi connectivity index (χ0v) is 14.6. The van der Waals surface area contributed by atoms with Crippen LogP contribution in [0.2, 0.25) is 0 Å². The number of carboxylic acids is 1. The van der Waals surface area contributed by atoms with Crippen LogP contribution in [-0.4, -0.2) is 16.8 Å². The zero-order chi connectivity index (χ0) is 17.1. The van der Waals surface area contributed by atoms with Crippen molar-refractivity contribution in [3.8, 4) is 21.6 Å². The number of benzene rings is 2. The van der Waals surface area contributed by atoms with Gasteiger partial charge in [0.1, 0.15) is 10.7 Å². The van der Waals surface area contributed by atoms with Crippen LogP contribution in [0.25, 0.3) is 21.6 Å². The highest BCUT2D eigenvalue weighted by molar-refractivity contribution is 7.99. The maximum atomic E-state index is 13.2. The van der Waals surface area contributed by atoms with E-state index < -0.39 is 5.97 Å². The van der Waals surface area contributed by atoms with Crippen LogP contribution in [0.1, 0.15) is 16.6 Å². The highest BCUT2D eigenvalue weighted by Crippen LogP contribution is 2.40. The molecule has 5 heteroatoms. The van der Waals surface area contributed by atoms with E-state index in [0.29, 0.717) is 0 Å². The molecule has 1 N–H and O–H groups in total. The van der Waals surface area contributed by atoms with E-state index in [1.807, 2.05) is 24.3 Å². The molecule has 0 radical (unpaired) electrons. The van der Waals surface area contributed by atoms with Crippen LogP contribution in [-0.2, 0) is 0 Å². The molecule has 2 aromatic carbocycles. The molecule has 0 amide bonds. The van der Waals surface area contributed by atoms with Gasteiger partial charge in [-0.05, 0) is 47.2 Å². The molecule has 1 heterocycles. The molecule has 0 aliphatic heterocycles. The maximum Gasteiger partial charge on any atom is 0.345 e. The predicted octanol–water partition coefficient (Wildman–Crippen LogP) is 6.03. The summed E-state index contributed by atoms with van der Waals surface area (Å²) in [6.07, 6.45) is 0. The lowest BCUT2D eigenvalue weighted by Gasteiger charge is -2.06. The first-order valence-electron chi connectivity index (χ1n) is 7.44. The Kier molecular flexibility index (Phi) is 5.02. The van der Waals surface area contributed by atoms with E-state index in [9.17, 15) is 14.3 Å². The maximum absolute atomic E-state index is 13.2. The van der Waals surface area contributed by atoms with Gasteiger partial charge in [-0.3, -0.25) is 0 Å². The Hall–Kier alpha value is -2.11. The number of carboxylic acid groups (broad SMARTS) is 1. The Balaban J connectivity index is 2.08. The first-order valence-corrected chi connectivity index (χ1v) is 9.25. The number of halogens is 1. The quantitative estimate of drug-likeness (QED) is 0.566. The van der Waals surface area contributed by atoms with Gasteiger partial charge >= 0.3 is 5.97 Å². The van der Waals surface area contributed by atoms with Crippen molar-refractivity contribution >= 4 is 29.1 Å². The normalized spacial score (nSPS) is 10.8. The second-order valence-electron chi connectivity index (χ2n) is 5.12. The van der Waals surface area contributed by atoms with Gasteiger partial charge in [0, 0.05) is 15.3 Å². The molecular weight excluding hydrogens is 343 g/mol. The van der Waals surface area contributed by atoms with Gasteiger partial charge in [-0.25, -0.2) is 9.18 Å². The monoisotopic (exact) mass is 358 g/mol. The first-order chi connectivity index (χ1) is 11.6. The average Bonchev–Trinajstić information content (AvgIpc) is 3.02. The standard InChI is InChI=1S/C19H15FO2S2/c1-2-23-15-9-5-12(6-10-15)16-11-17(19(21)22)24-18(16)13-3-7-14(20)8-4-13/h3-11H,2H2,1H3,(H,21,22). The summed E-state index contributed by atoms with van der Waals surface area (Å²) in [7, 11) is 0. The molecule has 2 nitrogen and oxygen atoms in total. The molecular formula is C19H15FO2S2. The molecule has 0 fully saturated rings. The van der Waals surface area contributed by atoms with E-state index in [-0.39, 0.29) is 10.7 Å². The molecule has 0 saturated carbocycles. The molecule has 0 spiro atoms. The molecule has 3 rings (SSSR count). The molecule has 0 atom stereocenters. The smallest absolute Gasteiger partial charge is 0.345 e. The Morgan fingerprint density at radius 2 is 1.71 bits per heavy atom. The van der Waals surface area contributed by atoms with Crippen LogP contribution in [0.4, 0.5) is 4.39 Å². The Bertz CT molecular complexity index is 852. The van der Waals surface area contributed by atoms with Crippen LogP contribution in [0.5, 0.6) is 0 Å². The third-order valence-corrected chi connectivity index (χ3v) is 5.59. The fraction of sp³-hybridized carbons (Fsp3) is 0.105. The highest BCUT2D eigenvalue weighted by Gasteiger charge is 2.16. The highest BCUT2D eigenvalue weighted by atomic mass is 32.2. The van der Waals surface area contributed by atoms with Crippen LogP contribution >= 0.6 is 23.1 Å². The van der Waals surface area contributed by atoms with Gasteiger partial charge in [0.25, 0.3) is 0 Å². The summed E-state index contributed by atoms with van der Waals surface area (Å²) in [4.78, 5) is 13.7. The van der Waals surface area contributed by atoms with E-state index in [1.165, 1.54) is 28.4 Å². The minimum absolute atomic E-state index is 0.274. The fourth-order valence-electron chi connectivity index (χ4n) is 2.42. The predicted molar refractivity (Wildman–Crippen MR) is 98.5 cm³/mol. The van der Waals surface area contributed by atoms with Crippen molar-refractivity contribution in [3.05, 3.63) is 65.3 Å². The molecule has 1 aromatic heterocycles. The van der Waals surface area contributed by atoms with Crippen molar-refractivity contribution in [2.45, 2.75) is 11.8 Å². The van der Waals surface area contributed by atoms with Crippen molar-refractivity contribution in [1.82, 2.24) is 0 Å². The number of hydrogen-bond donors (Lipinski definition) is 1. The van der Waals surface area contributed by atoms with E-state index in [1.54, 1.807) is 30.0 Å². The first kappa shape index (κ1) is 16.7. The summed E-state index contributed by atoms with van der Waals surface area (Å²) < 4.78 is 13.2. The number of aromatic carboxylic acids is 1. The summed E-state index contributed by atoms with van der Waals surface area (Å²) >= 11 is 2.97. The minimum Gasteiger partial charge on any atom is -0.477 e. The Morgan fingerprint density at radius 3 is 2.29 bits per heavy atom. The van der Waals surface area contributed by atoms with Crippen LogP contribution in [0.15, 0.2) is 59.5 Å². The largest absolute Gasteiger partial charge is 0.477 e. The summed E-state index contributed by atoms with van der Waals surface area (Å²) in [5.41, 5.74) is 2.63. The van der Waals surface area contributed by atoms with Gasteiger partial charge in [0.05, 0.1) is 0 Å². The number of rotatable bonds is 5. The van der Waals surface area contributed by atoms with Gasteiger partial charge in [0.2, 0.25) is 0 Å². The number of thioether (sulfide) groups is 1. The third kappa shape index (κ3) is 3.52. The topological polar surface area (TPSA) is 37.3 Å². The lowest BCUT2D eigenvalue weighted by Crippen LogP contribution is -1.89. The second kappa shape index (κ2) is 7.20. The van der Waals surface area contributed by atoms with Crippen molar-refractivity contribution in [2.24, 2.45) is 0 Å². The van der Waals surface area contributed by atoms with E-state index in [4.69, 9.17) is 0 Å². The summed E-state index contributed by atoms with van der Waals surface area (Å²) in [5, 5.41) is 9.32. The van der Waals surface area contributed by atoms with Crippen LogP contribution in [0.3, 0.4) is 0 Å². The van der Waals surface area contributed by atoms with E-state index >= 15 is 0 Å². The third-order valence-electron chi connectivity index (χ3n) is 3.53. The summed E-state index contributed by atoms with van der Waals surface area (Å²) in [6, 6.07) is 15.9. The SMILES string of the molecule is CCSc1ccc(-c2cc(C(=O)O)sc2-c2ccc(F)cc2)cc1. The van der Waals surface area contributed by atoms with Gasteiger partial charge in [-0.2, -0.15) is 0 Å². The zero-order valence-electron chi connectivity index (χ0n) is 13.0. The van der Waals surface area contributed by atoms with Crippen molar-refractivity contribution < 1.29 is 14.3 Å². The van der Waals surface area contributed by atoms with Crippen molar-refractivity contribution in [1.29, 1.82) is 0 Å².